The molecule has 4 rings (SSSR count). The van der Waals surface area contributed by atoms with Crippen molar-refractivity contribution in [2.24, 2.45) is 5.10 Å². The number of aromatic nitrogens is 2. The quantitative estimate of drug-likeness (QED) is 0.368. The number of rotatable bonds is 5. The molecule has 9 heteroatoms. The molecule has 1 aromatic heterocycles. The van der Waals surface area contributed by atoms with Crippen LogP contribution in [-0.4, -0.2) is 15.9 Å². The van der Waals surface area contributed by atoms with Crippen LogP contribution in [0.2, 0.25) is 10.0 Å². The van der Waals surface area contributed by atoms with Crippen LogP contribution in [0.25, 0.3) is 10.9 Å². The van der Waals surface area contributed by atoms with E-state index in [-0.39, 0.29) is 6.61 Å². The fourth-order valence-corrected chi connectivity index (χ4v) is 4.11. The van der Waals surface area contributed by atoms with Gasteiger partial charge in [0.2, 0.25) is 0 Å². The van der Waals surface area contributed by atoms with Crippen LogP contribution >= 0.6 is 39.1 Å². The molecule has 0 spiro atoms. The Morgan fingerprint density at radius 2 is 1.81 bits per heavy atom. The number of halogens is 3. The molecule has 1 N–H and O–H groups in total. The molecule has 3 aromatic carbocycles. The van der Waals surface area contributed by atoms with Crippen LogP contribution in [0.15, 0.2) is 79.8 Å². The van der Waals surface area contributed by atoms with E-state index in [4.69, 9.17) is 27.9 Å². The molecule has 0 fully saturated rings. The zero-order valence-electron chi connectivity index (χ0n) is 15.8. The van der Waals surface area contributed by atoms with Crippen LogP contribution in [0.4, 0.5) is 0 Å². The van der Waals surface area contributed by atoms with E-state index in [1.165, 1.54) is 6.21 Å². The monoisotopic (exact) mass is 517 g/mol. The number of aromatic amines is 1. The minimum Gasteiger partial charge on any atom is -0.487 e. The lowest BCUT2D eigenvalue weighted by molar-refractivity contribution is 0.304. The highest BCUT2D eigenvalue weighted by molar-refractivity contribution is 9.10. The van der Waals surface area contributed by atoms with E-state index >= 15 is 0 Å². The zero-order chi connectivity index (χ0) is 22.0. The molecule has 0 aliphatic heterocycles. The number of hydrogen-bond acceptors (Lipinski definition) is 4. The van der Waals surface area contributed by atoms with Gasteiger partial charge in [-0.15, -0.1) is 4.68 Å². The Balaban J connectivity index is 1.73. The third-order valence-electron chi connectivity index (χ3n) is 4.46. The summed E-state index contributed by atoms with van der Waals surface area (Å²) in [6, 6.07) is 17.3. The second kappa shape index (κ2) is 9.09. The highest BCUT2D eigenvalue weighted by Crippen LogP contribution is 2.33. The van der Waals surface area contributed by atoms with Crippen molar-refractivity contribution in [3.8, 4) is 5.75 Å². The zero-order valence-corrected chi connectivity index (χ0v) is 18.9. The predicted octanol–water partition coefficient (Wildman–Crippen LogP) is 5.22. The molecule has 4 aromatic rings. The van der Waals surface area contributed by atoms with Crippen molar-refractivity contribution in [2.75, 3.05) is 0 Å². The molecule has 31 heavy (non-hydrogen) atoms. The van der Waals surface area contributed by atoms with Crippen LogP contribution in [0, 0.1) is 0 Å². The molecule has 0 bridgehead atoms. The molecule has 6 nitrogen and oxygen atoms in total. The first-order valence-corrected chi connectivity index (χ1v) is 10.6. The largest absolute Gasteiger partial charge is 0.487 e. The Bertz CT molecular complexity index is 1430. The molecule has 1 heterocycles. The van der Waals surface area contributed by atoms with Gasteiger partial charge in [-0.3, -0.25) is 4.79 Å². The Labute approximate surface area is 194 Å². The van der Waals surface area contributed by atoms with Gasteiger partial charge in [-0.1, -0.05) is 53.5 Å². The number of nitrogens with one attached hydrogen (secondary N) is 1. The molecule has 156 valence electrons. The van der Waals surface area contributed by atoms with Gasteiger partial charge < -0.3 is 9.72 Å². The van der Waals surface area contributed by atoms with Gasteiger partial charge in [0, 0.05) is 21.2 Å². The molecule has 0 atom stereocenters. The number of H-pyrrole nitrogens is 1. The first-order valence-electron chi connectivity index (χ1n) is 9.08. The van der Waals surface area contributed by atoms with E-state index < -0.39 is 11.2 Å². The molecule has 0 unspecified atom stereocenters. The number of fused-ring (bicyclic) bond motifs is 1. The Kier molecular flexibility index (Phi) is 6.27. The number of benzene rings is 3. The lowest BCUT2D eigenvalue weighted by Crippen LogP contribution is -2.32. The van der Waals surface area contributed by atoms with Gasteiger partial charge in [0.05, 0.1) is 21.6 Å². The molecule has 0 aliphatic rings. The minimum atomic E-state index is -0.653. The molecular formula is C22H14BrCl2N3O3. The second-order valence-corrected chi connectivity index (χ2v) is 8.22. The van der Waals surface area contributed by atoms with Crippen molar-refractivity contribution < 1.29 is 4.74 Å². The van der Waals surface area contributed by atoms with Crippen LogP contribution in [0.5, 0.6) is 5.75 Å². The second-order valence-electron chi connectivity index (χ2n) is 6.52. The van der Waals surface area contributed by atoms with Gasteiger partial charge >= 0.3 is 5.69 Å². The molecule has 0 saturated heterocycles. The first kappa shape index (κ1) is 21.4. The third kappa shape index (κ3) is 4.58. The summed E-state index contributed by atoms with van der Waals surface area (Å²) < 4.78 is 7.30. The smallest absolute Gasteiger partial charge is 0.349 e. The summed E-state index contributed by atoms with van der Waals surface area (Å²) in [6.07, 6.45) is 1.35. The summed E-state index contributed by atoms with van der Waals surface area (Å²) in [5, 5.41) is 5.45. The summed E-state index contributed by atoms with van der Waals surface area (Å²) in [7, 11) is 0. The molecular weight excluding hydrogens is 505 g/mol. The summed E-state index contributed by atoms with van der Waals surface area (Å²) in [6.45, 7) is 0.206. The van der Waals surface area contributed by atoms with E-state index in [2.05, 4.69) is 26.0 Å². The standard InChI is InChI=1S/C22H14BrCl2N3O3/c23-17-10-15(24)9-14(20(17)31-12-13-5-1-3-7-18(13)25)11-26-28-21(29)16-6-2-4-8-19(16)27-22(28)30/h1-11H,12H2,(H,27,30). The van der Waals surface area contributed by atoms with Crippen molar-refractivity contribution in [3.63, 3.8) is 0 Å². The van der Waals surface area contributed by atoms with Crippen molar-refractivity contribution in [1.29, 1.82) is 0 Å². The highest BCUT2D eigenvalue weighted by atomic mass is 79.9. The van der Waals surface area contributed by atoms with Crippen molar-refractivity contribution in [2.45, 2.75) is 6.61 Å². The van der Waals surface area contributed by atoms with Crippen molar-refractivity contribution in [1.82, 2.24) is 9.66 Å². The number of nitrogens with zero attached hydrogens (tertiary/aromatic N) is 2. The Morgan fingerprint density at radius 3 is 2.61 bits per heavy atom. The third-order valence-corrected chi connectivity index (χ3v) is 5.64. The Hall–Kier alpha value is -2.87. The molecule has 0 saturated carbocycles. The lowest BCUT2D eigenvalue weighted by atomic mass is 10.2. The molecule has 0 radical (unpaired) electrons. The number of para-hydroxylation sites is 1. The first-order chi connectivity index (χ1) is 14.9. The lowest BCUT2D eigenvalue weighted by Gasteiger charge is -2.12. The van der Waals surface area contributed by atoms with Crippen molar-refractivity contribution in [3.05, 3.63) is 107 Å². The maximum absolute atomic E-state index is 12.7. The van der Waals surface area contributed by atoms with E-state index in [1.807, 2.05) is 18.2 Å². The average molecular weight is 519 g/mol. The summed E-state index contributed by atoms with van der Waals surface area (Å²) in [5.74, 6) is 0.443. The fraction of sp³-hybridized carbons (Fsp3) is 0.0455. The van der Waals surface area contributed by atoms with Gasteiger partial charge in [0.1, 0.15) is 12.4 Å². The minimum absolute atomic E-state index is 0.206. The van der Waals surface area contributed by atoms with E-state index in [0.29, 0.717) is 36.7 Å². The van der Waals surface area contributed by atoms with Crippen LogP contribution in [0.3, 0.4) is 0 Å². The predicted molar refractivity (Wildman–Crippen MR) is 127 cm³/mol. The van der Waals surface area contributed by atoms with Crippen LogP contribution < -0.4 is 16.0 Å². The topological polar surface area (TPSA) is 76.5 Å². The maximum Gasteiger partial charge on any atom is 0.349 e. The van der Waals surface area contributed by atoms with E-state index in [0.717, 1.165) is 10.2 Å². The SMILES string of the molecule is O=c1[nH]c2ccccc2c(=O)n1N=Cc1cc(Cl)cc(Br)c1OCc1ccccc1Cl. The number of hydrogen-bond donors (Lipinski definition) is 1. The number of ether oxygens (including phenoxy) is 1. The van der Waals surface area contributed by atoms with Crippen molar-refractivity contribution >= 4 is 56.2 Å². The van der Waals surface area contributed by atoms with Gasteiger partial charge in [-0.2, -0.15) is 5.10 Å². The van der Waals surface area contributed by atoms with Gasteiger partial charge in [0.15, 0.2) is 0 Å². The normalized spacial score (nSPS) is 11.3. The van der Waals surface area contributed by atoms with E-state index in [9.17, 15) is 9.59 Å². The van der Waals surface area contributed by atoms with Crippen LogP contribution in [-0.2, 0) is 6.61 Å². The van der Waals surface area contributed by atoms with Gasteiger partial charge in [-0.05, 0) is 46.3 Å². The van der Waals surface area contributed by atoms with Gasteiger partial charge in [0.25, 0.3) is 5.56 Å². The summed E-state index contributed by atoms with van der Waals surface area (Å²) >= 11 is 15.8. The Morgan fingerprint density at radius 1 is 1.06 bits per heavy atom. The summed E-state index contributed by atoms with van der Waals surface area (Å²) in [4.78, 5) is 27.7. The average Bonchev–Trinajstić information content (AvgIpc) is 2.74. The van der Waals surface area contributed by atoms with Crippen LogP contribution in [0.1, 0.15) is 11.1 Å². The molecule has 0 aliphatic carbocycles. The highest BCUT2D eigenvalue weighted by Gasteiger charge is 2.12. The molecule has 0 amide bonds. The van der Waals surface area contributed by atoms with Gasteiger partial charge in [-0.25, -0.2) is 4.79 Å². The van der Waals surface area contributed by atoms with E-state index in [1.54, 1.807) is 42.5 Å². The maximum atomic E-state index is 12.7. The fourth-order valence-electron chi connectivity index (χ4n) is 2.97. The summed E-state index contributed by atoms with van der Waals surface area (Å²) in [5.41, 5.74) is 0.537.